The molecular weight excluding hydrogens is 163 g/mol. The molecule has 0 unspecified atom stereocenters. The first-order chi connectivity index (χ1) is 5.70. The van der Waals surface area contributed by atoms with Gasteiger partial charge in [-0.15, -0.1) is 0 Å². The molecule has 1 aromatic carbocycles. The van der Waals surface area contributed by atoms with Crippen LogP contribution in [0.1, 0.15) is 0 Å². The first-order valence-electron chi connectivity index (χ1n) is 3.30. The molecule has 0 saturated heterocycles. The number of aromatic hydroxyl groups is 1. The number of phenols is 1. The lowest BCUT2D eigenvalue weighted by Crippen LogP contribution is -1.92. The Morgan fingerprint density at radius 2 is 1.92 bits per heavy atom. The van der Waals surface area contributed by atoms with Gasteiger partial charge in [-0.05, 0) is 12.1 Å². The van der Waals surface area contributed by atoms with Crippen molar-refractivity contribution >= 4 is 0 Å². The normalized spacial score (nSPS) is 9.58. The van der Waals surface area contributed by atoms with E-state index in [-0.39, 0.29) is 5.75 Å². The van der Waals surface area contributed by atoms with E-state index < -0.39 is 11.6 Å². The Bertz CT molecular complexity index is 286. The summed E-state index contributed by atoms with van der Waals surface area (Å²) in [6, 6.07) is 2.49. The Morgan fingerprint density at radius 3 is 2.42 bits per heavy atom. The second kappa shape index (κ2) is 3.30. The van der Waals surface area contributed by atoms with Crippen LogP contribution in [0.3, 0.4) is 0 Å². The molecule has 0 radical (unpaired) electrons. The molecule has 0 fully saturated rings. The van der Waals surface area contributed by atoms with Crippen LogP contribution in [0, 0.1) is 5.82 Å². The van der Waals surface area contributed by atoms with Gasteiger partial charge in [-0.2, -0.15) is 0 Å². The summed E-state index contributed by atoms with van der Waals surface area (Å²) in [6.45, 7) is 0. The topological polar surface area (TPSA) is 38.7 Å². The zero-order valence-corrected chi connectivity index (χ0v) is 6.80. The van der Waals surface area contributed by atoms with Gasteiger partial charge >= 0.3 is 0 Å². The van der Waals surface area contributed by atoms with Crippen molar-refractivity contribution < 1.29 is 19.0 Å². The van der Waals surface area contributed by atoms with Crippen LogP contribution in [0.4, 0.5) is 4.39 Å². The molecule has 0 aliphatic rings. The summed E-state index contributed by atoms with van der Waals surface area (Å²) in [5.74, 6) is -0.946. The van der Waals surface area contributed by atoms with Crippen molar-refractivity contribution in [2.24, 2.45) is 0 Å². The highest BCUT2D eigenvalue weighted by Gasteiger charge is 2.12. The largest absolute Gasteiger partial charge is 0.502 e. The van der Waals surface area contributed by atoms with Crippen molar-refractivity contribution in [2.75, 3.05) is 14.2 Å². The molecule has 0 spiro atoms. The third kappa shape index (κ3) is 1.28. The number of rotatable bonds is 2. The molecule has 1 N–H and O–H groups in total. The maximum Gasteiger partial charge on any atom is 0.206 e. The fourth-order valence-corrected chi connectivity index (χ4v) is 0.887. The second-order valence-corrected chi connectivity index (χ2v) is 2.13. The molecule has 66 valence electrons. The third-order valence-corrected chi connectivity index (χ3v) is 1.47. The molecule has 1 rings (SSSR count). The monoisotopic (exact) mass is 172 g/mol. The van der Waals surface area contributed by atoms with Crippen molar-refractivity contribution in [3.8, 4) is 17.2 Å². The van der Waals surface area contributed by atoms with Gasteiger partial charge in [0.2, 0.25) is 5.75 Å². The van der Waals surface area contributed by atoms with Crippen LogP contribution in [-0.4, -0.2) is 19.3 Å². The fraction of sp³-hybridized carbons (Fsp3) is 0.250. The molecule has 12 heavy (non-hydrogen) atoms. The summed E-state index contributed by atoms with van der Waals surface area (Å²) in [6.07, 6.45) is 0. The number of methoxy groups -OCH3 is 2. The van der Waals surface area contributed by atoms with Crippen LogP contribution in [0.25, 0.3) is 0 Å². The Hall–Kier alpha value is -1.45. The van der Waals surface area contributed by atoms with E-state index >= 15 is 0 Å². The van der Waals surface area contributed by atoms with E-state index in [2.05, 4.69) is 0 Å². The van der Waals surface area contributed by atoms with E-state index in [0.29, 0.717) is 5.75 Å². The van der Waals surface area contributed by atoms with E-state index in [1.54, 1.807) is 0 Å². The highest BCUT2D eigenvalue weighted by molar-refractivity contribution is 5.50. The molecule has 0 amide bonds. The smallest absolute Gasteiger partial charge is 0.206 e. The summed E-state index contributed by atoms with van der Waals surface area (Å²) < 4.78 is 22.3. The maximum atomic E-state index is 12.7. The predicted molar refractivity (Wildman–Crippen MR) is 41.2 cm³/mol. The zero-order valence-electron chi connectivity index (χ0n) is 6.80. The van der Waals surface area contributed by atoms with Crippen molar-refractivity contribution in [1.82, 2.24) is 0 Å². The lowest BCUT2D eigenvalue weighted by atomic mass is 10.3. The van der Waals surface area contributed by atoms with Gasteiger partial charge in [0, 0.05) is 0 Å². The zero-order chi connectivity index (χ0) is 9.14. The Labute approximate surface area is 69.3 Å². The van der Waals surface area contributed by atoms with E-state index in [0.717, 1.165) is 6.07 Å². The van der Waals surface area contributed by atoms with Crippen LogP contribution in [0.5, 0.6) is 17.2 Å². The number of phenolic OH excluding ortho intramolecular Hbond substituents is 1. The van der Waals surface area contributed by atoms with Crippen LogP contribution in [0.15, 0.2) is 12.1 Å². The molecule has 0 heterocycles. The highest BCUT2D eigenvalue weighted by atomic mass is 19.1. The van der Waals surface area contributed by atoms with Crippen molar-refractivity contribution in [2.45, 2.75) is 0 Å². The van der Waals surface area contributed by atoms with E-state index in [4.69, 9.17) is 14.6 Å². The fourth-order valence-electron chi connectivity index (χ4n) is 0.887. The van der Waals surface area contributed by atoms with Crippen molar-refractivity contribution in [1.29, 1.82) is 0 Å². The molecule has 0 aliphatic heterocycles. The molecule has 4 heteroatoms. The van der Waals surface area contributed by atoms with Crippen molar-refractivity contribution in [3.05, 3.63) is 17.9 Å². The SMILES string of the molecule is COc1ccc(F)c(O)c1OC. The minimum absolute atomic E-state index is 0.0116. The van der Waals surface area contributed by atoms with Gasteiger partial charge in [-0.25, -0.2) is 4.39 Å². The number of halogens is 1. The van der Waals surface area contributed by atoms with Gasteiger partial charge in [-0.1, -0.05) is 0 Å². The summed E-state index contributed by atoms with van der Waals surface area (Å²) in [5.41, 5.74) is 0. The van der Waals surface area contributed by atoms with Gasteiger partial charge in [0.15, 0.2) is 17.3 Å². The summed E-state index contributed by atoms with van der Waals surface area (Å²) >= 11 is 0. The van der Waals surface area contributed by atoms with Gasteiger partial charge in [0.25, 0.3) is 0 Å². The Balaban J connectivity index is 3.25. The maximum absolute atomic E-state index is 12.7. The highest BCUT2D eigenvalue weighted by Crippen LogP contribution is 2.37. The molecule has 0 bridgehead atoms. The van der Waals surface area contributed by atoms with E-state index in [9.17, 15) is 4.39 Å². The average molecular weight is 172 g/mol. The minimum Gasteiger partial charge on any atom is -0.502 e. The van der Waals surface area contributed by atoms with E-state index in [1.165, 1.54) is 20.3 Å². The van der Waals surface area contributed by atoms with Crippen LogP contribution in [-0.2, 0) is 0 Å². The number of ether oxygens (including phenoxy) is 2. The molecular formula is C8H9FO3. The first kappa shape index (κ1) is 8.64. The molecule has 0 aliphatic carbocycles. The average Bonchev–Trinajstić information content (AvgIpc) is 2.09. The molecule has 3 nitrogen and oxygen atoms in total. The number of benzene rings is 1. The first-order valence-corrected chi connectivity index (χ1v) is 3.30. The van der Waals surface area contributed by atoms with Gasteiger partial charge in [0.05, 0.1) is 14.2 Å². The second-order valence-electron chi connectivity index (χ2n) is 2.13. The summed E-state index contributed by atoms with van der Waals surface area (Å²) in [4.78, 5) is 0. The summed E-state index contributed by atoms with van der Waals surface area (Å²) in [5, 5.41) is 9.13. The Kier molecular flexibility index (Phi) is 2.38. The molecule has 1 aromatic rings. The summed E-state index contributed by atoms with van der Waals surface area (Å²) in [7, 11) is 2.74. The van der Waals surface area contributed by atoms with Gasteiger partial charge in [0.1, 0.15) is 0 Å². The van der Waals surface area contributed by atoms with Crippen LogP contribution in [0.2, 0.25) is 0 Å². The quantitative estimate of drug-likeness (QED) is 0.735. The lowest BCUT2D eigenvalue weighted by molar-refractivity contribution is 0.323. The number of hydrogen-bond acceptors (Lipinski definition) is 3. The lowest BCUT2D eigenvalue weighted by Gasteiger charge is -2.08. The Morgan fingerprint density at radius 1 is 1.25 bits per heavy atom. The molecule has 0 aromatic heterocycles. The van der Waals surface area contributed by atoms with E-state index in [1.807, 2.05) is 0 Å². The third-order valence-electron chi connectivity index (χ3n) is 1.47. The van der Waals surface area contributed by atoms with Crippen molar-refractivity contribution in [3.63, 3.8) is 0 Å². The molecule has 0 saturated carbocycles. The van der Waals surface area contributed by atoms with Crippen LogP contribution >= 0.6 is 0 Å². The standard InChI is InChI=1S/C8H9FO3/c1-11-6-4-3-5(9)7(10)8(6)12-2/h3-4,10H,1-2H3. The minimum atomic E-state index is -0.729. The number of hydrogen-bond donors (Lipinski definition) is 1. The van der Waals surface area contributed by atoms with Crippen LogP contribution < -0.4 is 9.47 Å². The predicted octanol–water partition coefficient (Wildman–Crippen LogP) is 1.55. The van der Waals surface area contributed by atoms with Gasteiger partial charge < -0.3 is 14.6 Å². The molecule has 0 atom stereocenters. The van der Waals surface area contributed by atoms with Gasteiger partial charge in [-0.3, -0.25) is 0 Å².